The number of ether oxygens (including phenoxy) is 2. The van der Waals surface area contributed by atoms with Crippen LogP contribution in [0.15, 0.2) is 30.3 Å². The second-order valence-corrected chi connectivity index (χ2v) is 8.37. The molecule has 0 N–H and O–H groups in total. The van der Waals surface area contributed by atoms with Crippen LogP contribution in [0.3, 0.4) is 0 Å². The van der Waals surface area contributed by atoms with Gasteiger partial charge in [-0.15, -0.1) is 0 Å². The van der Waals surface area contributed by atoms with Gasteiger partial charge in [0.2, 0.25) is 0 Å². The third-order valence-corrected chi connectivity index (χ3v) is 4.72. The quantitative estimate of drug-likeness (QED) is 0.766. The molecule has 2 atom stereocenters. The summed E-state index contributed by atoms with van der Waals surface area (Å²) in [5.41, 5.74) is -0.119. The minimum absolute atomic E-state index is 0.00257. The van der Waals surface area contributed by atoms with Gasteiger partial charge in [0.25, 0.3) is 0 Å². The third kappa shape index (κ3) is 4.74. The minimum atomic E-state index is -0.561. The van der Waals surface area contributed by atoms with Gasteiger partial charge in [-0.2, -0.15) is 0 Å². The number of carbonyl (C=O) groups excluding carboxylic acids is 2. The molecule has 0 aliphatic carbocycles. The fourth-order valence-corrected chi connectivity index (χ4v) is 3.16. The fraction of sp³-hybridized carbons (Fsp3) is 0.600. The summed E-state index contributed by atoms with van der Waals surface area (Å²) >= 11 is 0. The van der Waals surface area contributed by atoms with Gasteiger partial charge < -0.3 is 9.47 Å². The van der Waals surface area contributed by atoms with Crippen LogP contribution in [-0.4, -0.2) is 41.3 Å². The molecule has 25 heavy (non-hydrogen) atoms. The Morgan fingerprint density at radius 1 is 1.20 bits per heavy atom. The molecule has 1 aliphatic rings. The summed E-state index contributed by atoms with van der Waals surface area (Å²) in [5, 5.41) is 0. The molecule has 5 nitrogen and oxygen atoms in total. The topological polar surface area (TPSA) is 55.8 Å². The Morgan fingerprint density at radius 2 is 1.80 bits per heavy atom. The average molecular weight is 347 g/mol. The fourth-order valence-electron chi connectivity index (χ4n) is 3.16. The molecule has 1 saturated heterocycles. The molecule has 1 aliphatic heterocycles. The lowest BCUT2D eigenvalue weighted by molar-refractivity contribution is 0.00208. The summed E-state index contributed by atoms with van der Waals surface area (Å²) in [6.45, 7) is 12.0. The van der Waals surface area contributed by atoms with Crippen LogP contribution in [0.4, 0.5) is 4.79 Å². The molecule has 1 amide bonds. The van der Waals surface area contributed by atoms with Crippen molar-refractivity contribution in [2.45, 2.75) is 65.6 Å². The van der Waals surface area contributed by atoms with Crippen molar-refractivity contribution in [3.05, 3.63) is 35.9 Å². The highest BCUT2D eigenvalue weighted by Crippen LogP contribution is 2.40. The molecule has 2 rings (SSSR count). The van der Waals surface area contributed by atoms with Gasteiger partial charge >= 0.3 is 12.1 Å². The number of hydrogen-bond donors (Lipinski definition) is 0. The van der Waals surface area contributed by atoms with Gasteiger partial charge in [-0.05, 0) is 51.7 Å². The van der Waals surface area contributed by atoms with Crippen LogP contribution >= 0.6 is 0 Å². The van der Waals surface area contributed by atoms with Gasteiger partial charge in [-0.3, -0.25) is 4.90 Å². The highest BCUT2D eigenvalue weighted by atomic mass is 16.6. The molecule has 0 aromatic heterocycles. The predicted molar refractivity (Wildman–Crippen MR) is 96.4 cm³/mol. The molecule has 0 radical (unpaired) electrons. The second-order valence-electron chi connectivity index (χ2n) is 8.37. The third-order valence-electron chi connectivity index (χ3n) is 4.72. The molecule has 1 aromatic carbocycles. The van der Waals surface area contributed by atoms with Gasteiger partial charge in [-0.25, -0.2) is 9.59 Å². The maximum Gasteiger partial charge on any atom is 0.410 e. The zero-order chi connectivity index (χ0) is 18.8. The number of likely N-dealkylation sites (tertiary alicyclic amines) is 1. The van der Waals surface area contributed by atoms with Crippen molar-refractivity contribution in [1.82, 2.24) is 4.90 Å². The molecular formula is C20H29NO4. The molecule has 0 saturated carbocycles. The standard InChI is InChI=1S/C20H29NO4/c1-14-20(5,6)12-16(21(14)18(23)25-19(2,3)4)13-24-17(22)15-10-8-7-9-11-15/h7-11,14,16H,12-13H2,1-6H3/t14-,16+/m1/s1. The number of benzene rings is 1. The van der Waals surface area contributed by atoms with Crippen molar-refractivity contribution in [3.8, 4) is 0 Å². The normalized spacial score (nSPS) is 22.6. The van der Waals surface area contributed by atoms with Gasteiger partial charge in [-0.1, -0.05) is 32.0 Å². The van der Waals surface area contributed by atoms with Crippen LogP contribution in [0.2, 0.25) is 0 Å². The number of hydrogen-bond acceptors (Lipinski definition) is 4. The molecule has 1 heterocycles. The zero-order valence-electron chi connectivity index (χ0n) is 16.0. The summed E-state index contributed by atoms with van der Waals surface area (Å²) in [7, 11) is 0. The maximum absolute atomic E-state index is 12.6. The first kappa shape index (κ1) is 19.3. The molecular weight excluding hydrogens is 318 g/mol. The van der Waals surface area contributed by atoms with Gasteiger partial charge in [0.05, 0.1) is 11.6 Å². The van der Waals surface area contributed by atoms with Crippen molar-refractivity contribution < 1.29 is 19.1 Å². The number of amides is 1. The highest BCUT2D eigenvalue weighted by Gasteiger charge is 2.48. The van der Waals surface area contributed by atoms with E-state index in [2.05, 4.69) is 13.8 Å². The second kappa shape index (κ2) is 7.06. The minimum Gasteiger partial charge on any atom is -0.460 e. The monoisotopic (exact) mass is 347 g/mol. The van der Waals surface area contributed by atoms with Gasteiger partial charge in [0.15, 0.2) is 0 Å². The molecule has 138 valence electrons. The Bertz CT molecular complexity index is 618. The first-order valence-electron chi connectivity index (χ1n) is 8.75. The zero-order valence-corrected chi connectivity index (χ0v) is 16.0. The van der Waals surface area contributed by atoms with Gasteiger partial charge in [0.1, 0.15) is 12.2 Å². The van der Waals surface area contributed by atoms with E-state index in [1.807, 2.05) is 33.8 Å². The highest BCUT2D eigenvalue weighted by molar-refractivity contribution is 5.89. The Hall–Kier alpha value is -2.04. The van der Waals surface area contributed by atoms with E-state index < -0.39 is 5.60 Å². The Labute approximate surface area is 150 Å². The largest absolute Gasteiger partial charge is 0.460 e. The van der Waals surface area contributed by atoms with Crippen molar-refractivity contribution in [2.24, 2.45) is 5.41 Å². The van der Waals surface area contributed by atoms with E-state index in [9.17, 15) is 9.59 Å². The van der Waals surface area contributed by atoms with Crippen molar-refractivity contribution in [3.63, 3.8) is 0 Å². The number of rotatable bonds is 3. The van der Waals surface area contributed by atoms with E-state index in [-0.39, 0.29) is 36.2 Å². The van der Waals surface area contributed by atoms with E-state index in [1.165, 1.54) is 0 Å². The van der Waals surface area contributed by atoms with Crippen LogP contribution in [-0.2, 0) is 9.47 Å². The Kier molecular flexibility index (Phi) is 5.45. The van der Waals surface area contributed by atoms with E-state index in [4.69, 9.17) is 9.47 Å². The first-order valence-corrected chi connectivity index (χ1v) is 8.75. The van der Waals surface area contributed by atoms with Crippen LogP contribution in [0.5, 0.6) is 0 Å². The van der Waals surface area contributed by atoms with Crippen LogP contribution < -0.4 is 0 Å². The molecule has 0 bridgehead atoms. The molecule has 0 unspecified atom stereocenters. The van der Waals surface area contributed by atoms with E-state index in [0.717, 1.165) is 6.42 Å². The van der Waals surface area contributed by atoms with Crippen molar-refractivity contribution in [2.75, 3.05) is 6.61 Å². The summed E-state index contributed by atoms with van der Waals surface area (Å²) in [6.07, 6.45) is 0.404. The van der Waals surface area contributed by atoms with Crippen molar-refractivity contribution >= 4 is 12.1 Å². The number of nitrogens with zero attached hydrogens (tertiary/aromatic N) is 1. The smallest absolute Gasteiger partial charge is 0.410 e. The van der Waals surface area contributed by atoms with E-state index in [1.54, 1.807) is 29.2 Å². The van der Waals surface area contributed by atoms with Crippen LogP contribution in [0.1, 0.15) is 58.3 Å². The summed E-state index contributed by atoms with van der Waals surface area (Å²) in [5.74, 6) is -0.373. The van der Waals surface area contributed by atoms with Crippen LogP contribution in [0.25, 0.3) is 0 Å². The molecule has 1 aromatic rings. The lowest BCUT2D eigenvalue weighted by Gasteiger charge is -2.33. The summed E-state index contributed by atoms with van der Waals surface area (Å²) < 4.78 is 11.0. The lowest BCUT2D eigenvalue weighted by Crippen LogP contribution is -2.46. The van der Waals surface area contributed by atoms with E-state index >= 15 is 0 Å². The SMILES string of the molecule is C[C@H]1N(C(=O)OC(C)(C)C)[C@H](COC(=O)c2ccccc2)CC1(C)C. The molecule has 0 spiro atoms. The van der Waals surface area contributed by atoms with Crippen LogP contribution in [0, 0.1) is 5.41 Å². The first-order chi connectivity index (χ1) is 11.5. The summed E-state index contributed by atoms with van der Waals surface area (Å²) in [4.78, 5) is 26.6. The van der Waals surface area contributed by atoms with E-state index in [0.29, 0.717) is 5.56 Å². The maximum atomic E-state index is 12.6. The number of carbonyl (C=O) groups is 2. The average Bonchev–Trinajstić information content (AvgIpc) is 2.74. The number of esters is 1. The Morgan fingerprint density at radius 3 is 2.36 bits per heavy atom. The summed E-state index contributed by atoms with van der Waals surface area (Å²) in [6, 6.07) is 8.69. The van der Waals surface area contributed by atoms with Gasteiger partial charge in [0, 0.05) is 6.04 Å². The Balaban J connectivity index is 2.08. The molecule has 1 fully saturated rings. The van der Waals surface area contributed by atoms with Crippen molar-refractivity contribution in [1.29, 1.82) is 0 Å². The lowest BCUT2D eigenvalue weighted by atomic mass is 9.85. The predicted octanol–water partition coefficient (Wildman–Crippen LogP) is 4.27. The molecule has 5 heteroatoms.